The predicted molar refractivity (Wildman–Crippen MR) is 91.8 cm³/mol. The molecular weight excluding hydrogens is 393 g/mol. The summed E-state index contributed by atoms with van der Waals surface area (Å²) in [6, 6.07) is 5.34. The molecule has 0 unspecified atom stereocenters. The number of halogens is 4. The zero-order valence-corrected chi connectivity index (χ0v) is 15.6. The molecule has 1 aromatic heterocycles. The van der Waals surface area contributed by atoms with E-state index in [0.29, 0.717) is 6.20 Å². The number of aromatic nitrogens is 2. The third-order valence-corrected chi connectivity index (χ3v) is 4.85. The summed E-state index contributed by atoms with van der Waals surface area (Å²) in [5.41, 5.74) is -1.74. The normalized spacial score (nSPS) is 12.9. The number of rotatable bonds is 4. The first kappa shape index (κ1) is 20.4. The largest absolute Gasteiger partial charge is 0.421 e. The van der Waals surface area contributed by atoms with E-state index in [4.69, 9.17) is 11.6 Å². The smallest absolute Gasteiger partial charge is 0.340 e. The number of nitrogens with zero attached hydrogens (tertiary/aromatic N) is 2. The van der Waals surface area contributed by atoms with Gasteiger partial charge in [0.1, 0.15) is 11.4 Å². The van der Waals surface area contributed by atoms with Gasteiger partial charge in [0.15, 0.2) is 0 Å². The maximum atomic E-state index is 13.1. The van der Waals surface area contributed by atoms with Crippen LogP contribution in [0.25, 0.3) is 0 Å². The van der Waals surface area contributed by atoms with Gasteiger partial charge in [0.05, 0.1) is 4.90 Å². The molecule has 11 heteroatoms. The molecule has 0 aliphatic heterocycles. The molecule has 1 heterocycles. The summed E-state index contributed by atoms with van der Waals surface area (Å²) >= 11 is 5.57. The molecule has 142 valence electrons. The number of alkyl halides is 3. The third kappa shape index (κ3) is 5.29. The van der Waals surface area contributed by atoms with Crippen LogP contribution in [0.15, 0.2) is 35.4 Å². The minimum absolute atomic E-state index is 0.0991. The lowest BCUT2D eigenvalue weighted by molar-refractivity contribution is -0.137. The van der Waals surface area contributed by atoms with Gasteiger partial charge in [-0.1, -0.05) is 6.07 Å². The molecule has 6 nitrogen and oxygen atoms in total. The highest BCUT2D eigenvalue weighted by atomic mass is 35.5. The van der Waals surface area contributed by atoms with Gasteiger partial charge in [0, 0.05) is 17.4 Å². The maximum Gasteiger partial charge on any atom is 0.421 e. The molecule has 2 aromatic rings. The van der Waals surface area contributed by atoms with Gasteiger partial charge < -0.3 is 5.32 Å². The van der Waals surface area contributed by atoms with Crippen molar-refractivity contribution >= 4 is 33.1 Å². The molecule has 0 aliphatic carbocycles. The average molecular weight is 409 g/mol. The molecule has 0 fully saturated rings. The first-order chi connectivity index (χ1) is 11.8. The van der Waals surface area contributed by atoms with Crippen molar-refractivity contribution in [1.29, 1.82) is 0 Å². The molecule has 0 saturated heterocycles. The van der Waals surface area contributed by atoms with Gasteiger partial charge >= 0.3 is 6.18 Å². The van der Waals surface area contributed by atoms with E-state index in [1.54, 1.807) is 20.8 Å². The Morgan fingerprint density at radius 1 is 1.15 bits per heavy atom. The highest BCUT2D eigenvalue weighted by Crippen LogP contribution is 2.35. The monoisotopic (exact) mass is 408 g/mol. The van der Waals surface area contributed by atoms with Crippen LogP contribution in [0.3, 0.4) is 0 Å². The first-order valence-corrected chi connectivity index (χ1v) is 9.15. The minimum atomic E-state index is -4.70. The average Bonchev–Trinajstić information content (AvgIpc) is 2.43. The van der Waals surface area contributed by atoms with Crippen molar-refractivity contribution in [3.63, 3.8) is 0 Å². The van der Waals surface area contributed by atoms with Gasteiger partial charge in [-0.05, 0) is 50.6 Å². The molecule has 0 amide bonds. The van der Waals surface area contributed by atoms with E-state index in [-0.39, 0.29) is 15.9 Å². The van der Waals surface area contributed by atoms with Gasteiger partial charge in [-0.25, -0.2) is 18.1 Å². The van der Waals surface area contributed by atoms with Crippen molar-refractivity contribution < 1.29 is 21.6 Å². The molecule has 26 heavy (non-hydrogen) atoms. The van der Waals surface area contributed by atoms with Crippen LogP contribution >= 0.6 is 11.6 Å². The number of hydrogen-bond acceptors (Lipinski definition) is 5. The summed E-state index contributed by atoms with van der Waals surface area (Å²) < 4.78 is 66.4. The second-order valence-electron chi connectivity index (χ2n) is 6.41. The number of anilines is 2. The first-order valence-electron chi connectivity index (χ1n) is 7.29. The number of sulfonamides is 1. The standard InChI is InChI=1S/C15H16ClF3N4O2S/c1-14(2,3)23-26(24,25)10-6-4-5-9(7-10)21-12-11(15(17,18)19)8-20-13(16)22-12/h4-8,23H,1-3H3,(H,20,21,22). The molecule has 1 aromatic carbocycles. The molecule has 0 aliphatic rings. The summed E-state index contributed by atoms with van der Waals surface area (Å²) in [5.74, 6) is -0.573. The molecule has 2 N–H and O–H groups in total. The molecule has 0 bridgehead atoms. The topological polar surface area (TPSA) is 84.0 Å². The fourth-order valence-corrected chi connectivity index (χ4v) is 3.60. The van der Waals surface area contributed by atoms with Gasteiger partial charge in [-0.2, -0.15) is 18.2 Å². The van der Waals surface area contributed by atoms with Gasteiger partial charge in [0.25, 0.3) is 0 Å². The van der Waals surface area contributed by atoms with Gasteiger partial charge in [-0.3, -0.25) is 0 Å². The van der Waals surface area contributed by atoms with Crippen LogP contribution in [0.2, 0.25) is 5.28 Å². The lowest BCUT2D eigenvalue weighted by Crippen LogP contribution is -2.40. The number of hydrogen-bond donors (Lipinski definition) is 2. The summed E-state index contributed by atoms with van der Waals surface area (Å²) in [6.07, 6.45) is -4.15. The van der Waals surface area contributed by atoms with E-state index in [0.717, 1.165) is 0 Å². The summed E-state index contributed by atoms with van der Waals surface area (Å²) in [4.78, 5) is 6.77. The predicted octanol–water partition coefficient (Wildman–Crippen LogP) is 3.97. The highest BCUT2D eigenvalue weighted by molar-refractivity contribution is 7.89. The van der Waals surface area contributed by atoms with E-state index >= 15 is 0 Å². The quantitative estimate of drug-likeness (QED) is 0.748. The summed E-state index contributed by atoms with van der Waals surface area (Å²) in [7, 11) is -3.85. The fraction of sp³-hybridized carbons (Fsp3) is 0.333. The van der Waals surface area contributed by atoms with E-state index in [2.05, 4.69) is 20.0 Å². The molecule has 0 saturated carbocycles. The molecule has 0 radical (unpaired) electrons. The minimum Gasteiger partial charge on any atom is -0.340 e. The Hall–Kier alpha value is -1.91. The van der Waals surface area contributed by atoms with E-state index in [9.17, 15) is 21.6 Å². The zero-order valence-electron chi connectivity index (χ0n) is 14.0. The molecule has 0 spiro atoms. The van der Waals surface area contributed by atoms with Crippen LogP contribution in [0.4, 0.5) is 24.7 Å². The Bertz CT molecular complexity index is 912. The number of benzene rings is 1. The molecular formula is C15H16ClF3N4O2S. The summed E-state index contributed by atoms with van der Waals surface area (Å²) in [6.45, 7) is 5.02. The van der Waals surface area contributed by atoms with Crippen molar-refractivity contribution in [2.75, 3.05) is 5.32 Å². The van der Waals surface area contributed by atoms with E-state index in [1.807, 2.05) is 0 Å². The maximum absolute atomic E-state index is 13.1. The van der Waals surface area contributed by atoms with Crippen LogP contribution in [0.1, 0.15) is 26.3 Å². The molecule has 2 rings (SSSR count). The van der Waals surface area contributed by atoms with Crippen LogP contribution < -0.4 is 10.0 Å². The van der Waals surface area contributed by atoms with Crippen LogP contribution in [-0.2, 0) is 16.2 Å². The van der Waals surface area contributed by atoms with Gasteiger partial charge in [0.2, 0.25) is 15.3 Å². The van der Waals surface area contributed by atoms with E-state index in [1.165, 1.54) is 24.3 Å². The van der Waals surface area contributed by atoms with Crippen LogP contribution in [0, 0.1) is 0 Å². The Morgan fingerprint density at radius 2 is 1.81 bits per heavy atom. The lowest BCUT2D eigenvalue weighted by Gasteiger charge is -2.20. The van der Waals surface area contributed by atoms with Crippen molar-refractivity contribution in [2.24, 2.45) is 0 Å². The van der Waals surface area contributed by atoms with E-state index < -0.39 is 33.1 Å². The van der Waals surface area contributed by atoms with Gasteiger partial charge in [-0.15, -0.1) is 0 Å². The lowest BCUT2D eigenvalue weighted by atomic mass is 10.1. The van der Waals surface area contributed by atoms with Crippen molar-refractivity contribution in [3.05, 3.63) is 41.3 Å². The summed E-state index contributed by atoms with van der Waals surface area (Å²) in [5, 5.41) is 2.07. The van der Waals surface area contributed by atoms with Crippen molar-refractivity contribution in [2.45, 2.75) is 37.4 Å². The third-order valence-electron chi connectivity index (χ3n) is 2.91. The van der Waals surface area contributed by atoms with Crippen molar-refractivity contribution in [3.8, 4) is 0 Å². The highest BCUT2D eigenvalue weighted by Gasteiger charge is 2.35. The Kier molecular flexibility index (Phi) is 5.50. The molecule has 0 atom stereocenters. The fourth-order valence-electron chi connectivity index (χ4n) is 2.00. The number of nitrogens with one attached hydrogen (secondary N) is 2. The van der Waals surface area contributed by atoms with Crippen LogP contribution in [0.5, 0.6) is 0 Å². The second-order valence-corrected chi connectivity index (χ2v) is 8.43. The second kappa shape index (κ2) is 7.01. The Morgan fingerprint density at radius 3 is 2.38 bits per heavy atom. The Balaban J connectivity index is 2.41. The SMILES string of the molecule is CC(C)(C)NS(=O)(=O)c1cccc(Nc2nc(Cl)ncc2C(F)(F)F)c1. The zero-order chi connectivity index (χ0) is 19.8. The van der Waals surface area contributed by atoms with Crippen molar-refractivity contribution in [1.82, 2.24) is 14.7 Å². The van der Waals surface area contributed by atoms with Crippen LogP contribution in [-0.4, -0.2) is 23.9 Å². The Labute approximate surface area is 153 Å².